The number of nitrogens with one attached hydrogen (secondary N) is 1. The highest BCUT2D eigenvalue weighted by atomic mass is 32.2. The van der Waals surface area contributed by atoms with E-state index in [9.17, 15) is 19.8 Å². The molecule has 156 valence electrons. The number of carboxylic acids is 1. The standard InChI is InChI=1S/C19H29N3O5S/c1-10-15-14(11(2)23)18(24)22(15)16(19(25)26)17(10)28-13-3-5-21(9-13)8-12-7-20-4-6-27-12/h10-15,20,23H,3-9H2,1-2H3,(H,25,26)/t10-,11?,12+,13-,14-,15-/m1/s1. The van der Waals surface area contributed by atoms with Gasteiger partial charge in [0.1, 0.15) is 5.70 Å². The van der Waals surface area contributed by atoms with E-state index in [1.54, 1.807) is 18.7 Å². The third-order valence-electron chi connectivity index (χ3n) is 6.30. The first-order valence-electron chi connectivity index (χ1n) is 10.1. The van der Waals surface area contributed by atoms with Gasteiger partial charge in [-0.1, -0.05) is 6.92 Å². The molecule has 0 aromatic rings. The molecule has 9 heteroatoms. The Kier molecular flexibility index (Phi) is 5.72. The second-order valence-electron chi connectivity index (χ2n) is 8.26. The van der Waals surface area contributed by atoms with Crippen molar-refractivity contribution < 1.29 is 24.5 Å². The fourth-order valence-electron chi connectivity index (χ4n) is 4.94. The molecular formula is C19H29N3O5S. The first-order chi connectivity index (χ1) is 13.4. The molecule has 3 fully saturated rings. The molecule has 4 aliphatic rings. The molecule has 0 aromatic heterocycles. The molecule has 0 aliphatic carbocycles. The van der Waals surface area contributed by atoms with Gasteiger partial charge in [0.2, 0.25) is 5.91 Å². The number of hydrogen-bond acceptors (Lipinski definition) is 7. The van der Waals surface area contributed by atoms with Gasteiger partial charge in [-0.05, 0) is 19.9 Å². The Morgan fingerprint density at radius 2 is 2.25 bits per heavy atom. The summed E-state index contributed by atoms with van der Waals surface area (Å²) in [4.78, 5) is 28.9. The second kappa shape index (κ2) is 7.95. The number of rotatable bonds is 6. The van der Waals surface area contributed by atoms with Gasteiger partial charge in [0.15, 0.2) is 0 Å². The highest BCUT2D eigenvalue weighted by molar-refractivity contribution is 8.03. The zero-order chi connectivity index (χ0) is 20.0. The molecule has 4 rings (SSSR count). The number of carbonyl (C=O) groups excluding carboxylic acids is 1. The van der Waals surface area contributed by atoms with E-state index in [2.05, 4.69) is 10.2 Å². The monoisotopic (exact) mass is 411 g/mol. The number of β-lactam (4-membered cyclic amide) rings is 1. The number of hydrogen-bond donors (Lipinski definition) is 3. The van der Waals surface area contributed by atoms with Gasteiger partial charge in [-0.3, -0.25) is 9.69 Å². The number of ether oxygens (including phenoxy) is 1. The summed E-state index contributed by atoms with van der Waals surface area (Å²) in [6.07, 6.45) is 0.441. The number of aliphatic hydroxyl groups excluding tert-OH is 1. The Morgan fingerprint density at radius 3 is 2.89 bits per heavy atom. The van der Waals surface area contributed by atoms with Crippen LogP contribution in [0.2, 0.25) is 0 Å². The van der Waals surface area contributed by atoms with Gasteiger partial charge in [-0.2, -0.15) is 0 Å². The van der Waals surface area contributed by atoms with Crippen LogP contribution in [-0.2, 0) is 14.3 Å². The first kappa shape index (κ1) is 20.2. The Bertz CT molecular complexity index is 678. The molecule has 4 aliphatic heterocycles. The normalized spacial score (nSPS) is 37.2. The van der Waals surface area contributed by atoms with Gasteiger partial charge < -0.3 is 25.2 Å². The maximum absolute atomic E-state index is 12.4. The molecule has 4 heterocycles. The molecule has 28 heavy (non-hydrogen) atoms. The van der Waals surface area contributed by atoms with E-state index in [0.717, 1.165) is 50.7 Å². The average molecular weight is 412 g/mol. The van der Waals surface area contributed by atoms with Gasteiger partial charge in [0, 0.05) is 42.3 Å². The van der Waals surface area contributed by atoms with Crippen LogP contribution in [0.5, 0.6) is 0 Å². The average Bonchev–Trinajstić information content (AvgIpc) is 3.17. The third-order valence-corrected chi connectivity index (χ3v) is 7.84. The topological polar surface area (TPSA) is 102 Å². The second-order valence-corrected chi connectivity index (χ2v) is 9.60. The predicted octanol–water partition coefficient (Wildman–Crippen LogP) is -0.0640. The van der Waals surface area contributed by atoms with Crippen molar-refractivity contribution in [1.82, 2.24) is 15.1 Å². The van der Waals surface area contributed by atoms with Gasteiger partial charge in [0.25, 0.3) is 0 Å². The Morgan fingerprint density at radius 1 is 1.46 bits per heavy atom. The fraction of sp³-hybridized carbons (Fsp3) is 0.789. The van der Waals surface area contributed by atoms with Crippen molar-refractivity contribution in [2.24, 2.45) is 11.8 Å². The third kappa shape index (κ3) is 3.47. The SMILES string of the molecule is CC(O)[C@H]1C(=O)N2C(C(=O)O)=C(S[C@@H]3CCN(C[C@@H]4CNCCO4)C3)[C@H](C)[C@H]12. The van der Waals surface area contributed by atoms with Crippen molar-refractivity contribution in [3.05, 3.63) is 10.6 Å². The van der Waals surface area contributed by atoms with Gasteiger partial charge in [0.05, 0.1) is 30.8 Å². The van der Waals surface area contributed by atoms with E-state index in [1.807, 2.05) is 6.92 Å². The number of thioether (sulfide) groups is 1. The van der Waals surface area contributed by atoms with Crippen molar-refractivity contribution in [3.8, 4) is 0 Å². The van der Waals surface area contributed by atoms with Crippen LogP contribution in [0.4, 0.5) is 0 Å². The van der Waals surface area contributed by atoms with Crippen LogP contribution in [0, 0.1) is 11.8 Å². The molecule has 1 unspecified atom stereocenters. The summed E-state index contributed by atoms with van der Waals surface area (Å²) in [5, 5.41) is 23.4. The Balaban J connectivity index is 1.42. The van der Waals surface area contributed by atoms with Crippen molar-refractivity contribution >= 4 is 23.6 Å². The molecule has 0 radical (unpaired) electrons. The number of nitrogens with zero attached hydrogens (tertiary/aromatic N) is 2. The van der Waals surface area contributed by atoms with Crippen LogP contribution in [0.1, 0.15) is 20.3 Å². The maximum atomic E-state index is 12.4. The Labute approximate surface area is 169 Å². The number of carbonyl (C=O) groups is 2. The summed E-state index contributed by atoms with van der Waals surface area (Å²) in [7, 11) is 0. The first-order valence-corrected chi connectivity index (χ1v) is 11.0. The molecule has 1 amide bonds. The zero-order valence-electron chi connectivity index (χ0n) is 16.3. The van der Waals surface area contributed by atoms with Gasteiger partial charge in [-0.15, -0.1) is 11.8 Å². The predicted molar refractivity (Wildman–Crippen MR) is 105 cm³/mol. The molecule has 0 bridgehead atoms. The minimum absolute atomic E-state index is 0.0617. The van der Waals surface area contributed by atoms with Crippen LogP contribution in [0.25, 0.3) is 0 Å². The summed E-state index contributed by atoms with van der Waals surface area (Å²) >= 11 is 1.61. The largest absolute Gasteiger partial charge is 0.477 e. The molecule has 6 atom stereocenters. The minimum atomic E-state index is -1.05. The fourth-order valence-corrected chi connectivity index (χ4v) is 6.46. The number of aliphatic carboxylic acids is 1. The molecule has 0 saturated carbocycles. The molecule has 3 saturated heterocycles. The molecule has 8 nitrogen and oxygen atoms in total. The zero-order valence-corrected chi connectivity index (χ0v) is 17.2. The van der Waals surface area contributed by atoms with Crippen molar-refractivity contribution in [2.75, 3.05) is 39.3 Å². The highest BCUT2D eigenvalue weighted by Crippen LogP contribution is 2.51. The van der Waals surface area contributed by atoms with E-state index in [1.165, 1.54) is 4.90 Å². The van der Waals surface area contributed by atoms with E-state index >= 15 is 0 Å². The molecule has 3 N–H and O–H groups in total. The molecule has 0 spiro atoms. The van der Waals surface area contributed by atoms with E-state index in [4.69, 9.17) is 4.74 Å². The summed E-state index contributed by atoms with van der Waals surface area (Å²) < 4.78 is 5.79. The number of amides is 1. The van der Waals surface area contributed by atoms with Crippen LogP contribution in [0.3, 0.4) is 0 Å². The molecule has 0 aromatic carbocycles. The summed E-state index contributed by atoms with van der Waals surface area (Å²) in [6.45, 7) is 8.87. The number of carboxylic acid groups (broad SMARTS) is 1. The van der Waals surface area contributed by atoms with Crippen LogP contribution >= 0.6 is 11.8 Å². The Hall–Kier alpha value is -1.13. The van der Waals surface area contributed by atoms with Crippen LogP contribution in [-0.4, -0.2) is 94.7 Å². The van der Waals surface area contributed by atoms with Crippen molar-refractivity contribution in [1.29, 1.82) is 0 Å². The van der Waals surface area contributed by atoms with E-state index in [0.29, 0.717) is 5.25 Å². The van der Waals surface area contributed by atoms with Crippen LogP contribution in [0.15, 0.2) is 10.6 Å². The number of aliphatic hydroxyl groups is 1. The molecular weight excluding hydrogens is 382 g/mol. The van der Waals surface area contributed by atoms with Crippen molar-refractivity contribution in [2.45, 2.75) is 43.8 Å². The smallest absolute Gasteiger partial charge is 0.353 e. The minimum Gasteiger partial charge on any atom is -0.477 e. The van der Waals surface area contributed by atoms with Crippen molar-refractivity contribution in [3.63, 3.8) is 0 Å². The quantitative estimate of drug-likeness (QED) is 0.523. The van der Waals surface area contributed by atoms with E-state index < -0.39 is 18.0 Å². The lowest BCUT2D eigenvalue weighted by atomic mass is 9.79. The lowest BCUT2D eigenvalue weighted by Crippen LogP contribution is -2.63. The maximum Gasteiger partial charge on any atom is 0.353 e. The van der Waals surface area contributed by atoms with E-state index in [-0.39, 0.29) is 29.7 Å². The van der Waals surface area contributed by atoms with Gasteiger partial charge >= 0.3 is 5.97 Å². The number of fused-ring (bicyclic) bond motifs is 1. The summed E-state index contributed by atoms with van der Waals surface area (Å²) in [5.41, 5.74) is 0.127. The lowest BCUT2D eigenvalue weighted by Gasteiger charge is -2.46. The summed E-state index contributed by atoms with van der Waals surface area (Å²) in [6, 6.07) is -0.236. The highest BCUT2D eigenvalue weighted by Gasteiger charge is 2.60. The summed E-state index contributed by atoms with van der Waals surface area (Å²) in [5.74, 6) is -1.88. The number of likely N-dealkylation sites (tertiary alicyclic amines) is 1. The number of morpholine rings is 1. The lowest BCUT2D eigenvalue weighted by molar-refractivity contribution is -0.163. The van der Waals surface area contributed by atoms with Crippen LogP contribution < -0.4 is 5.32 Å². The van der Waals surface area contributed by atoms with Gasteiger partial charge in [-0.25, -0.2) is 4.79 Å².